The van der Waals surface area contributed by atoms with Crippen molar-refractivity contribution in [1.29, 1.82) is 0 Å². The van der Waals surface area contributed by atoms with Gasteiger partial charge in [0.05, 0.1) is 20.0 Å². The van der Waals surface area contributed by atoms with E-state index in [-0.39, 0.29) is 17.5 Å². The van der Waals surface area contributed by atoms with Gasteiger partial charge in [-0.1, -0.05) is 6.92 Å². The maximum absolute atomic E-state index is 11.6. The van der Waals surface area contributed by atoms with Gasteiger partial charge in [0.1, 0.15) is 11.5 Å². The second-order valence-corrected chi connectivity index (χ2v) is 8.85. The van der Waals surface area contributed by atoms with Gasteiger partial charge >= 0.3 is 0 Å². The largest absolute Gasteiger partial charge is 0.497 e. The lowest BCUT2D eigenvalue weighted by atomic mass is 10.2. The molecule has 1 saturated heterocycles. The number of guanidine groups is 1. The summed E-state index contributed by atoms with van der Waals surface area (Å²) in [5, 5.41) is 6.45. The van der Waals surface area contributed by atoms with Crippen molar-refractivity contribution in [2.75, 3.05) is 57.3 Å². The highest BCUT2D eigenvalue weighted by Crippen LogP contribution is 2.30. The van der Waals surface area contributed by atoms with Gasteiger partial charge in [0.15, 0.2) is 15.8 Å². The molecule has 27 heavy (non-hydrogen) atoms. The Morgan fingerprint density at radius 3 is 2.48 bits per heavy atom. The number of nitrogens with one attached hydrogen (secondary N) is 2. The standard InChI is InChI=1S/C18H30N4O4S/c1-5-27(23,24)9-7-20-18(19-2)21-14-6-8-22(13-14)15-10-16(25-3)12-17(11-15)26-4/h10-12,14H,5-9,13H2,1-4H3,(H2,19,20,21). The summed E-state index contributed by atoms with van der Waals surface area (Å²) in [7, 11) is 1.98. The Balaban J connectivity index is 1.91. The summed E-state index contributed by atoms with van der Waals surface area (Å²) in [5.41, 5.74) is 1.05. The second-order valence-electron chi connectivity index (χ2n) is 6.38. The first kappa shape index (κ1) is 21.1. The Morgan fingerprint density at radius 2 is 1.93 bits per heavy atom. The van der Waals surface area contributed by atoms with Crippen LogP contribution in [0, 0.1) is 0 Å². The lowest BCUT2D eigenvalue weighted by Crippen LogP contribution is -2.45. The zero-order valence-electron chi connectivity index (χ0n) is 16.5. The number of hydrogen-bond donors (Lipinski definition) is 2. The number of sulfone groups is 1. The smallest absolute Gasteiger partial charge is 0.191 e. The Bertz CT molecular complexity index is 729. The first-order chi connectivity index (χ1) is 12.9. The van der Waals surface area contributed by atoms with Gasteiger partial charge in [-0.05, 0) is 6.42 Å². The number of nitrogens with zero attached hydrogens (tertiary/aromatic N) is 2. The molecule has 0 aromatic heterocycles. The molecule has 1 fully saturated rings. The highest BCUT2D eigenvalue weighted by atomic mass is 32.2. The monoisotopic (exact) mass is 398 g/mol. The third-order valence-electron chi connectivity index (χ3n) is 4.60. The van der Waals surface area contributed by atoms with Crippen molar-refractivity contribution < 1.29 is 17.9 Å². The van der Waals surface area contributed by atoms with Gasteiger partial charge in [-0.25, -0.2) is 8.42 Å². The van der Waals surface area contributed by atoms with E-state index in [0.717, 1.165) is 36.7 Å². The van der Waals surface area contributed by atoms with Gasteiger partial charge in [-0.15, -0.1) is 0 Å². The Labute approximate surface area is 161 Å². The van der Waals surface area contributed by atoms with Crippen LogP contribution in [0.1, 0.15) is 13.3 Å². The molecule has 0 amide bonds. The number of ether oxygens (including phenoxy) is 2. The van der Waals surface area contributed by atoms with E-state index in [4.69, 9.17) is 9.47 Å². The van der Waals surface area contributed by atoms with Crippen LogP contribution in [0.25, 0.3) is 0 Å². The van der Waals surface area contributed by atoms with Crippen molar-refractivity contribution in [2.45, 2.75) is 19.4 Å². The molecule has 9 heteroatoms. The maximum Gasteiger partial charge on any atom is 0.191 e. The zero-order valence-corrected chi connectivity index (χ0v) is 17.3. The van der Waals surface area contributed by atoms with E-state index in [1.54, 1.807) is 28.2 Å². The summed E-state index contributed by atoms with van der Waals surface area (Å²) >= 11 is 0. The molecule has 1 aliphatic rings. The minimum Gasteiger partial charge on any atom is -0.497 e. The SMILES string of the molecule is CCS(=O)(=O)CCNC(=NC)NC1CCN(c2cc(OC)cc(OC)c2)C1. The second kappa shape index (κ2) is 9.68. The molecular formula is C18H30N4O4S. The van der Waals surface area contributed by atoms with Crippen LogP contribution >= 0.6 is 0 Å². The van der Waals surface area contributed by atoms with E-state index in [1.165, 1.54) is 0 Å². The summed E-state index contributed by atoms with van der Waals surface area (Å²) in [6.45, 7) is 3.71. The minimum atomic E-state index is -2.99. The van der Waals surface area contributed by atoms with E-state index >= 15 is 0 Å². The molecule has 1 heterocycles. The number of rotatable bonds is 8. The first-order valence-corrected chi connectivity index (χ1v) is 10.9. The number of hydrogen-bond acceptors (Lipinski definition) is 6. The number of aliphatic imine (C=N–C) groups is 1. The number of anilines is 1. The summed E-state index contributed by atoms with van der Waals surface area (Å²) in [4.78, 5) is 6.45. The van der Waals surface area contributed by atoms with Crippen molar-refractivity contribution >= 4 is 21.5 Å². The van der Waals surface area contributed by atoms with Crippen LogP contribution in [0.15, 0.2) is 23.2 Å². The topological polar surface area (TPSA) is 92.3 Å². The van der Waals surface area contributed by atoms with Crippen LogP contribution in [0.2, 0.25) is 0 Å². The Hall–Kier alpha value is -2.16. The van der Waals surface area contributed by atoms with Gasteiger partial charge in [0.25, 0.3) is 0 Å². The van der Waals surface area contributed by atoms with Crippen LogP contribution in [-0.4, -0.2) is 72.8 Å². The van der Waals surface area contributed by atoms with Crippen LogP contribution < -0.4 is 25.0 Å². The van der Waals surface area contributed by atoms with Crippen LogP contribution in [0.4, 0.5) is 5.69 Å². The summed E-state index contributed by atoms with van der Waals surface area (Å²) < 4.78 is 33.9. The van der Waals surface area contributed by atoms with Crippen molar-refractivity contribution in [3.05, 3.63) is 18.2 Å². The molecule has 0 bridgehead atoms. The zero-order chi connectivity index (χ0) is 19.9. The molecule has 0 aliphatic carbocycles. The fourth-order valence-corrected chi connectivity index (χ4v) is 3.65. The summed E-state index contributed by atoms with van der Waals surface area (Å²) in [6.07, 6.45) is 0.952. The molecule has 2 N–H and O–H groups in total. The molecule has 1 aliphatic heterocycles. The normalized spacial score (nSPS) is 17.7. The van der Waals surface area contributed by atoms with E-state index in [9.17, 15) is 8.42 Å². The molecule has 2 rings (SSSR count). The Morgan fingerprint density at radius 1 is 1.26 bits per heavy atom. The molecule has 1 aromatic rings. The summed E-state index contributed by atoms with van der Waals surface area (Å²) in [6, 6.07) is 6.06. The lowest BCUT2D eigenvalue weighted by Gasteiger charge is -2.21. The molecule has 152 valence electrons. The van der Waals surface area contributed by atoms with Crippen molar-refractivity contribution in [3.63, 3.8) is 0 Å². The number of methoxy groups -OCH3 is 2. The Kier molecular flexibility index (Phi) is 7.58. The summed E-state index contributed by atoms with van der Waals surface area (Å²) in [5.74, 6) is 2.40. The molecule has 0 radical (unpaired) electrons. The molecule has 0 saturated carbocycles. The van der Waals surface area contributed by atoms with Crippen LogP contribution in [-0.2, 0) is 9.84 Å². The van der Waals surface area contributed by atoms with E-state index in [0.29, 0.717) is 12.5 Å². The average Bonchev–Trinajstić information content (AvgIpc) is 3.15. The predicted octanol–water partition coefficient (Wildman–Crippen LogP) is 0.882. The third-order valence-corrected chi connectivity index (χ3v) is 6.31. The van der Waals surface area contributed by atoms with E-state index in [1.807, 2.05) is 18.2 Å². The lowest BCUT2D eigenvalue weighted by molar-refractivity contribution is 0.394. The molecule has 8 nitrogen and oxygen atoms in total. The van der Waals surface area contributed by atoms with Crippen LogP contribution in [0.5, 0.6) is 11.5 Å². The molecule has 1 atom stereocenters. The molecule has 1 aromatic carbocycles. The number of benzene rings is 1. The first-order valence-electron chi connectivity index (χ1n) is 9.06. The molecule has 1 unspecified atom stereocenters. The van der Waals surface area contributed by atoms with Crippen molar-refractivity contribution in [2.24, 2.45) is 4.99 Å². The highest BCUT2D eigenvalue weighted by Gasteiger charge is 2.24. The van der Waals surface area contributed by atoms with Crippen LogP contribution in [0.3, 0.4) is 0 Å². The fraction of sp³-hybridized carbons (Fsp3) is 0.611. The maximum atomic E-state index is 11.6. The third kappa shape index (κ3) is 6.20. The average molecular weight is 399 g/mol. The van der Waals surface area contributed by atoms with Gasteiger partial charge in [0.2, 0.25) is 0 Å². The van der Waals surface area contributed by atoms with E-state index in [2.05, 4.69) is 20.5 Å². The quantitative estimate of drug-likeness (QED) is 0.496. The minimum absolute atomic E-state index is 0.102. The predicted molar refractivity (Wildman–Crippen MR) is 109 cm³/mol. The van der Waals surface area contributed by atoms with Gasteiger partial charge in [0, 0.05) is 62.4 Å². The van der Waals surface area contributed by atoms with Gasteiger partial charge < -0.3 is 25.0 Å². The molecular weight excluding hydrogens is 368 g/mol. The van der Waals surface area contributed by atoms with Gasteiger partial charge in [-0.3, -0.25) is 4.99 Å². The highest BCUT2D eigenvalue weighted by molar-refractivity contribution is 7.91. The van der Waals surface area contributed by atoms with Crippen molar-refractivity contribution in [1.82, 2.24) is 10.6 Å². The van der Waals surface area contributed by atoms with E-state index < -0.39 is 9.84 Å². The van der Waals surface area contributed by atoms with Crippen molar-refractivity contribution in [3.8, 4) is 11.5 Å². The fourth-order valence-electron chi connectivity index (χ4n) is 2.94. The molecule has 0 spiro atoms. The van der Waals surface area contributed by atoms with Gasteiger partial charge in [-0.2, -0.15) is 0 Å².